The zero-order valence-electron chi connectivity index (χ0n) is 18.7. The Morgan fingerprint density at radius 3 is 2.39 bits per heavy atom. The van der Waals surface area contributed by atoms with E-state index in [1.807, 2.05) is 20.8 Å². The van der Waals surface area contributed by atoms with Crippen molar-refractivity contribution in [2.75, 3.05) is 25.1 Å². The number of nitrogens with zero attached hydrogens (tertiary/aromatic N) is 2. The molecule has 0 fully saturated rings. The molecule has 1 aromatic carbocycles. The number of pyridine rings is 1. The molecule has 1 aromatic heterocycles. The first kappa shape index (κ1) is 24.7. The molecule has 7 nitrogen and oxygen atoms in total. The predicted molar refractivity (Wildman–Crippen MR) is 113 cm³/mol. The molecule has 3 rings (SSSR count). The van der Waals surface area contributed by atoms with E-state index in [1.54, 1.807) is 0 Å². The summed E-state index contributed by atoms with van der Waals surface area (Å²) in [6.07, 6.45) is -4.40. The van der Waals surface area contributed by atoms with Gasteiger partial charge in [0.25, 0.3) is 11.5 Å². The van der Waals surface area contributed by atoms with Crippen molar-refractivity contribution in [2.24, 2.45) is 7.05 Å². The highest BCUT2D eigenvalue weighted by molar-refractivity contribution is 6.01. The van der Waals surface area contributed by atoms with Crippen molar-refractivity contribution in [3.63, 3.8) is 0 Å². The Balaban J connectivity index is 1.89. The van der Waals surface area contributed by atoms with Gasteiger partial charge in [0.05, 0.1) is 42.2 Å². The Morgan fingerprint density at radius 1 is 1.09 bits per heavy atom. The van der Waals surface area contributed by atoms with Crippen LogP contribution in [0.2, 0.25) is 0 Å². The van der Waals surface area contributed by atoms with Crippen LogP contribution in [0.5, 0.6) is 0 Å². The number of halogens is 4. The van der Waals surface area contributed by atoms with E-state index in [2.05, 4.69) is 5.32 Å². The standard InChI is InChI=1S/C22H25F4N3O4/c1-21(2,3)32-9-10-33-29-8-7-13-11-17(30)28(4)19(18(13)20(29)31)27-16-6-5-14(12-15(16)23)22(24,25)26/h5-6,11-12,27H,7-10H2,1-4H3. The molecule has 0 saturated carbocycles. The first-order valence-corrected chi connectivity index (χ1v) is 10.2. The van der Waals surface area contributed by atoms with Gasteiger partial charge in [-0.3, -0.25) is 19.0 Å². The fourth-order valence-corrected chi connectivity index (χ4v) is 3.32. The van der Waals surface area contributed by atoms with Gasteiger partial charge >= 0.3 is 6.18 Å². The molecule has 0 unspecified atom stereocenters. The van der Waals surface area contributed by atoms with Crippen LogP contribution in [0.15, 0.2) is 29.1 Å². The predicted octanol–water partition coefficient (Wildman–Crippen LogP) is 4.03. The number of anilines is 2. The van der Waals surface area contributed by atoms with Crippen molar-refractivity contribution in [3.05, 3.63) is 57.1 Å². The second kappa shape index (κ2) is 9.14. The van der Waals surface area contributed by atoms with Gasteiger partial charge in [-0.1, -0.05) is 0 Å². The van der Waals surface area contributed by atoms with Crippen molar-refractivity contribution < 1.29 is 31.9 Å². The molecule has 180 valence electrons. The minimum Gasteiger partial charge on any atom is -0.373 e. The van der Waals surface area contributed by atoms with Gasteiger partial charge < -0.3 is 10.1 Å². The summed E-state index contributed by atoms with van der Waals surface area (Å²) in [5, 5.41) is 3.75. The summed E-state index contributed by atoms with van der Waals surface area (Å²) in [5.74, 6) is -1.77. The maximum Gasteiger partial charge on any atom is 0.416 e. The van der Waals surface area contributed by atoms with E-state index in [1.165, 1.54) is 13.1 Å². The van der Waals surface area contributed by atoms with Crippen LogP contribution in [-0.2, 0) is 29.2 Å². The molecule has 33 heavy (non-hydrogen) atoms. The van der Waals surface area contributed by atoms with Crippen LogP contribution in [0.3, 0.4) is 0 Å². The molecule has 0 radical (unpaired) electrons. The molecule has 1 N–H and O–H groups in total. The van der Waals surface area contributed by atoms with E-state index in [-0.39, 0.29) is 42.4 Å². The number of ether oxygens (including phenoxy) is 1. The summed E-state index contributed by atoms with van der Waals surface area (Å²) >= 11 is 0. The average Bonchev–Trinajstić information content (AvgIpc) is 2.69. The Kier molecular flexibility index (Phi) is 6.85. The van der Waals surface area contributed by atoms with Crippen molar-refractivity contribution in [1.29, 1.82) is 0 Å². The third kappa shape index (κ3) is 5.72. The van der Waals surface area contributed by atoms with Crippen LogP contribution in [0.4, 0.5) is 29.1 Å². The smallest absolute Gasteiger partial charge is 0.373 e. The summed E-state index contributed by atoms with van der Waals surface area (Å²) in [4.78, 5) is 31.0. The minimum atomic E-state index is -4.71. The molecule has 0 saturated heterocycles. The molecule has 1 aliphatic rings. The topological polar surface area (TPSA) is 72.8 Å². The van der Waals surface area contributed by atoms with Gasteiger partial charge in [-0.05, 0) is 51.0 Å². The molecular weight excluding hydrogens is 446 g/mol. The van der Waals surface area contributed by atoms with E-state index >= 15 is 0 Å². The Hall–Kier alpha value is -2.92. The van der Waals surface area contributed by atoms with Crippen molar-refractivity contribution in [3.8, 4) is 0 Å². The Labute approximate surface area is 187 Å². The number of alkyl halides is 3. The van der Waals surface area contributed by atoms with Gasteiger partial charge in [-0.2, -0.15) is 13.2 Å². The van der Waals surface area contributed by atoms with Crippen molar-refractivity contribution >= 4 is 17.4 Å². The summed E-state index contributed by atoms with van der Waals surface area (Å²) in [6, 6.07) is 3.28. The highest BCUT2D eigenvalue weighted by Gasteiger charge is 2.33. The monoisotopic (exact) mass is 471 g/mol. The molecule has 0 aliphatic carbocycles. The van der Waals surface area contributed by atoms with Crippen LogP contribution in [-0.4, -0.2) is 40.9 Å². The van der Waals surface area contributed by atoms with E-state index in [4.69, 9.17) is 9.57 Å². The molecule has 11 heteroatoms. The summed E-state index contributed by atoms with van der Waals surface area (Å²) in [5.41, 5.74) is -1.77. The second-order valence-electron chi connectivity index (χ2n) is 8.56. The van der Waals surface area contributed by atoms with Gasteiger partial charge in [0.2, 0.25) is 0 Å². The van der Waals surface area contributed by atoms with E-state index < -0.39 is 29.0 Å². The van der Waals surface area contributed by atoms with Crippen LogP contribution in [0.25, 0.3) is 0 Å². The van der Waals surface area contributed by atoms with Crippen molar-refractivity contribution in [2.45, 2.75) is 39.0 Å². The summed E-state index contributed by atoms with van der Waals surface area (Å²) < 4.78 is 59.6. The third-order valence-corrected chi connectivity index (χ3v) is 4.96. The SMILES string of the molecule is Cn1c(Nc2ccc(C(F)(F)F)cc2F)c2c(cc1=O)CCN(OCCOC(C)(C)C)C2=O. The number of nitrogens with one attached hydrogen (secondary N) is 1. The number of aromatic nitrogens is 1. The molecule has 0 bridgehead atoms. The first-order valence-electron chi connectivity index (χ1n) is 10.2. The maximum absolute atomic E-state index is 14.4. The number of hydroxylamine groups is 2. The van der Waals surface area contributed by atoms with Crippen LogP contribution >= 0.6 is 0 Å². The molecule has 2 heterocycles. The lowest BCUT2D eigenvalue weighted by molar-refractivity contribution is -0.148. The zero-order valence-corrected chi connectivity index (χ0v) is 18.7. The number of carbonyl (C=O) groups is 1. The fourth-order valence-electron chi connectivity index (χ4n) is 3.32. The van der Waals surface area contributed by atoms with Crippen LogP contribution in [0.1, 0.15) is 42.3 Å². The Morgan fingerprint density at radius 2 is 1.79 bits per heavy atom. The molecule has 0 atom stereocenters. The van der Waals surface area contributed by atoms with Crippen molar-refractivity contribution in [1.82, 2.24) is 9.63 Å². The Bertz CT molecular complexity index is 1110. The quantitative estimate of drug-likeness (QED) is 0.509. The fraction of sp³-hybridized carbons (Fsp3) is 0.455. The van der Waals surface area contributed by atoms with E-state index in [0.717, 1.165) is 15.7 Å². The van der Waals surface area contributed by atoms with Gasteiger partial charge in [0, 0.05) is 13.1 Å². The van der Waals surface area contributed by atoms with Gasteiger partial charge in [0.15, 0.2) is 0 Å². The normalized spacial score (nSPS) is 14.4. The third-order valence-electron chi connectivity index (χ3n) is 4.96. The van der Waals surface area contributed by atoms with Gasteiger partial charge in [-0.25, -0.2) is 9.45 Å². The lowest BCUT2D eigenvalue weighted by Crippen LogP contribution is -2.41. The number of carbonyl (C=O) groups excluding carboxylic acids is 1. The summed E-state index contributed by atoms with van der Waals surface area (Å²) in [6.45, 7) is 6.20. The molecule has 0 spiro atoms. The lowest BCUT2D eigenvalue weighted by atomic mass is 10.0. The van der Waals surface area contributed by atoms with Gasteiger partial charge in [-0.15, -0.1) is 0 Å². The molecule has 1 amide bonds. The molecule has 1 aliphatic heterocycles. The van der Waals surface area contributed by atoms with Crippen LogP contribution < -0.4 is 10.9 Å². The van der Waals surface area contributed by atoms with E-state index in [9.17, 15) is 27.2 Å². The summed E-state index contributed by atoms with van der Waals surface area (Å²) in [7, 11) is 1.37. The van der Waals surface area contributed by atoms with E-state index in [0.29, 0.717) is 24.1 Å². The number of benzene rings is 1. The molecular formula is C22H25F4N3O4. The average molecular weight is 471 g/mol. The van der Waals surface area contributed by atoms with Gasteiger partial charge in [0.1, 0.15) is 11.6 Å². The highest BCUT2D eigenvalue weighted by Crippen LogP contribution is 2.33. The number of hydrogen-bond acceptors (Lipinski definition) is 5. The highest BCUT2D eigenvalue weighted by atomic mass is 19.4. The maximum atomic E-state index is 14.4. The molecule has 2 aromatic rings. The number of amides is 1. The lowest BCUT2D eigenvalue weighted by Gasteiger charge is -2.30. The second-order valence-corrected chi connectivity index (χ2v) is 8.56. The minimum absolute atomic E-state index is 0.0413. The first-order chi connectivity index (χ1) is 15.3. The number of hydrogen-bond donors (Lipinski definition) is 1. The largest absolute Gasteiger partial charge is 0.416 e. The number of rotatable bonds is 6. The zero-order chi connectivity index (χ0) is 24.6. The van der Waals surface area contributed by atoms with Crippen LogP contribution in [0, 0.1) is 5.82 Å². The number of fused-ring (bicyclic) bond motifs is 1.